The van der Waals surface area contributed by atoms with Crippen LogP contribution < -0.4 is 0 Å². The molecule has 3 aromatic rings. The molecule has 0 aliphatic heterocycles. The molecule has 0 saturated carbocycles. The molecule has 0 amide bonds. The van der Waals surface area contributed by atoms with E-state index in [-0.39, 0.29) is 5.75 Å². The number of hydrogen-bond acceptors (Lipinski definition) is 3. The van der Waals surface area contributed by atoms with Crippen LogP contribution in [0.4, 0.5) is 0 Å². The van der Waals surface area contributed by atoms with Gasteiger partial charge in [0.05, 0.1) is 16.4 Å². The van der Waals surface area contributed by atoms with Gasteiger partial charge in [-0.05, 0) is 41.1 Å². The van der Waals surface area contributed by atoms with Crippen LogP contribution in [0, 0.1) is 6.92 Å². The first-order chi connectivity index (χ1) is 8.66. The smallest absolute Gasteiger partial charge is 0.170 e. The number of aromatic nitrogens is 3. The number of nitrogens with zero attached hydrogens (tertiary/aromatic N) is 3. The second-order valence-electron chi connectivity index (χ2n) is 4.03. The molecule has 0 spiro atoms. The van der Waals surface area contributed by atoms with Gasteiger partial charge in [-0.25, -0.2) is 9.50 Å². The van der Waals surface area contributed by atoms with Gasteiger partial charge in [0.2, 0.25) is 0 Å². The fourth-order valence-corrected chi connectivity index (χ4v) is 2.26. The van der Waals surface area contributed by atoms with Gasteiger partial charge in [0.15, 0.2) is 5.65 Å². The molecule has 0 unspecified atom stereocenters. The molecule has 0 aliphatic carbocycles. The molecule has 0 saturated heterocycles. The molecule has 5 heteroatoms. The Labute approximate surface area is 112 Å². The third kappa shape index (κ3) is 1.67. The molecule has 3 rings (SSSR count). The first kappa shape index (κ1) is 11.2. The minimum Gasteiger partial charge on any atom is -0.507 e. The van der Waals surface area contributed by atoms with Crippen LogP contribution >= 0.6 is 15.9 Å². The van der Waals surface area contributed by atoms with Gasteiger partial charge in [0.25, 0.3) is 0 Å². The zero-order chi connectivity index (χ0) is 12.7. The average Bonchev–Trinajstić information content (AvgIpc) is 2.72. The Bertz CT molecular complexity index is 736. The molecular formula is C13H10BrN3O. The summed E-state index contributed by atoms with van der Waals surface area (Å²) in [7, 11) is 0. The van der Waals surface area contributed by atoms with E-state index in [9.17, 15) is 5.11 Å². The number of para-hydroxylation sites is 1. The fraction of sp³-hybridized carbons (Fsp3) is 0.0769. The highest BCUT2D eigenvalue weighted by Gasteiger charge is 2.10. The summed E-state index contributed by atoms with van der Waals surface area (Å²) in [5.74, 6) is 0.226. The highest BCUT2D eigenvalue weighted by Crippen LogP contribution is 2.29. The van der Waals surface area contributed by atoms with Gasteiger partial charge < -0.3 is 5.11 Å². The standard InChI is InChI=1S/C13H10BrN3O/c1-8-6-11(9-4-2-3-5-12(9)18)16-13-10(14)7-15-17(8)13/h2-7,18H,1H3. The number of aryl methyl sites for hydroxylation is 1. The van der Waals surface area contributed by atoms with E-state index in [1.54, 1.807) is 22.8 Å². The lowest BCUT2D eigenvalue weighted by molar-refractivity contribution is 0.477. The highest BCUT2D eigenvalue weighted by atomic mass is 79.9. The number of halogens is 1. The van der Waals surface area contributed by atoms with Crippen molar-refractivity contribution in [1.29, 1.82) is 0 Å². The van der Waals surface area contributed by atoms with Crippen LogP contribution in [0.1, 0.15) is 5.69 Å². The quantitative estimate of drug-likeness (QED) is 0.751. The van der Waals surface area contributed by atoms with Crippen LogP contribution in [0.2, 0.25) is 0 Å². The number of phenolic OH excluding ortho intramolecular Hbond substituents is 1. The summed E-state index contributed by atoms with van der Waals surface area (Å²) in [4.78, 5) is 4.52. The molecule has 1 aromatic carbocycles. The lowest BCUT2D eigenvalue weighted by Gasteiger charge is -2.06. The third-order valence-electron chi connectivity index (χ3n) is 2.79. The van der Waals surface area contributed by atoms with E-state index in [4.69, 9.17) is 0 Å². The maximum atomic E-state index is 9.87. The zero-order valence-electron chi connectivity index (χ0n) is 9.63. The van der Waals surface area contributed by atoms with Gasteiger partial charge >= 0.3 is 0 Å². The van der Waals surface area contributed by atoms with Crippen LogP contribution in [-0.2, 0) is 0 Å². The summed E-state index contributed by atoms with van der Waals surface area (Å²) in [6, 6.07) is 9.07. The van der Waals surface area contributed by atoms with Crippen molar-refractivity contribution in [3.63, 3.8) is 0 Å². The van der Waals surface area contributed by atoms with E-state index < -0.39 is 0 Å². The molecule has 18 heavy (non-hydrogen) atoms. The van der Waals surface area contributed by atoms with Gasteiger partial charge in [-0.15, -0.1) is 0 Å². The Morgan fingerprint density at radius 2 is 2.06 bits per heavy atom. The van der Waals surface area contributed by atoms with Gasteiger partial charge in [-0.1, -0.05) is 12.1 Å². The zero-order valence-corrected chi connectivity index (χ0v) is 11.2. The molecule has 0 radical (unpaired) electrons. The maximum Gasteiger partial charge on any atom is 0.170 e. The average molecular weight is 304 g/mol. The predicted molar refractivity (Wildman–Crippen MR) is 72.5 cm³/mol. The van der Waals surface area contributed by atoms with Crippen molar-refractivity contribution < 1.29 is 5.11 Å². The number of rotatable bonds is 1. The van der Waals surface area contributed by atoms with E-state index in [0.29, 0.717) is 0 Å². The van der Waals surface area contributed by atoms with Gasteiger partial charge in [0.1, 0.15) is 5.75 Å². The maximum absolute atomic E-state index is 9.87. The Kier molecular flexibility index (Phi) is 2.56. The fourth-order valence-electron chi connectivity index (χ4n) is 1.91. The summed E-state index contributed by atoms with van der Waals surface area (Å²) < 4.78 is 2.59. The molecule has 0 atom stereocenters. The molecule has 4 nitrogen and oxygen atoms in total. The normalized spacial score (nSPS) is 11.0. The van der Waals surface area contributed by atoms with Crippen LogP contribution in [0.25, 0.3) is 16.9 Å². The summed E-state index contributed by atoms with van der Waals surface area (Å²) in [6.07, 6.45) is 1.71. The van der Waals surface area contributed by atoms with Crippen molar-refractivity contribution in [2.24, 2.45) is 0 Å². The summed E-state index contributed by atoms with van der Waals surface area (Å²) in [6.45, 7) is 1.96. The molecular weight excluding hydrogens is 294 g/mol. The van der Waals surface area contributed by atoms with Crippen molar-refractivity contribution in [2.75, 3.05) is 0 Å². The molecule has 2 heterocycles. The number of aromatic hydroxyl groups is 1. The summed E-state index contributed by atoms with van der Waals surface area (Å²) in [5.41, 5.74) is 3.16. The monoisotopic (exact) mass is 303 g/mol. The predicted octanol–water partition coefficient (Wildman–Crippen LogP) is 3.17. The van der Waals surface area contributed by atoms with Crippen molar-refractivity contribution in [2.45, 2.75) is 6.92 Å². The SMILES string of the molecule is Cc1cc(-c2ccccc2O)nc2c(Br)cnn12. The molecule has 0 fully saturated rings. The van der Waals surface area contributed by atoms with Crippen molar-refractivity contribution >= 4 is 21.6 Å². The van der Waals surface area contributed by atoms with Gasteiger partial charge in [0, 0.05) is 11.3 Å². The molecule has 0 bridgehead atoms. The van der Waals surface area contributed by atoms with Crippen molar-refractivity contribution in [1.82, 2.24) is 14.6 Å². The molecule has 0 aliphatic rings. The van der Waals surface area contributed by atoms with E-state index in [1.807, 2.05) is 25.1 Å². The first-order valence-electron chi connectivity index (χ1n) is 5.46. The Morgan fingerprint density at radius 1 is 1.28 bits per heavy atom. The lowest BCUT2D eigenvalue weighted by atomic mass is 10.1. The number of fused-ring (bicyclic) bond motifs is 1. The second kappa shape index (κ2) is 4.10. The largest absolute Gasteiger partial charge is 0.507 e. The topological polar surface area (TPSA) is 50.4 Å². The number of benzene rings is 1. The van der Waals surface area contributed by atoms with E-state index in [1.165, 1.54) is 0 Å². The Balaban J connectivity index is 2.31. The summed E-state index contributed by atoms with van der Waals surface area (Å²) >= 11 is 3.42. The second-order valence-corrected chi connectivity index (χ2v) is 4.88. The minimum atomic E-state index is 0.226. The van der Waals surface area contributed by atoms with E-state index in [2.05, 4.69) is 26.0 Å². The van der Waals surface area contributed by atoms with Crippen LogP contribution in [0.3, 0.4) is 0 Å². The van der Waals surface area contributed by atoms with Crippen molar-refractivity contribution in [3.05, 3.63) is 46.7 Å². The molecule has 90 valence electrons. The first-order valence-corrected chi connectivity index (χ1v) is 6.25. The Morgan fingerprint density at radius 3 is 2.83 bits per heavy atom. The Hall–Kier alpha value is -1.88. The lowest BCUT2D eigenvalue weighted by Crippen LogP contribution is -1.97. The van der Waals surface area contributed by atoms with E-state index in [0.717, 1.165) is 27.1 Å². The van der Waals surface area contributed by atoms with Crippen LogP contribution in [0.15, 0.2) is 41.0 Å². The molecule has 2 aromatic heterocycles. The van der Waals surface area contributed by atoms with Crippen LogP contribution in [0.5, 0.6) is 5.75 Å². The van der Waals surface area contributed by atoms with Gasteiger partial charge in [-0.2, -0.15) is 5.10 Å². The van der Waals surface area contributed by atoms with Gasteiger partial charge in [-0.3, -0.25) is 0 Å². The minimum absolute atomic E-state index is 0.226. The van der Waals surface area contributed by atoms with E-state index >= 15 is 0 Å². The van der Waals surface area contributed by atoms with Crippen LogP contribution in [-0.4, -0.2) is 19.7 Å². The third-order valence-corrected chi connectivity index (χ3v) is 3.35. The summed E-state index contributed by atoms with van der Waals surface area (Å²) in [5, 5.41) is 14.1. The van der Waals surface area contributed by atoms with Crippen molar-refractivity contribution in [3.8, 4) is 17.0 Å². The number of phenols is 1. The molecule has 1 N–H and O–H groups in total. The number of hydrogen-bond donors (Lipinski definition) is 1. The highest BCUT2D eigenvalue weighted by molar-refractivity contribution is 9.10.